The lowest BCUT2D eigenvalue weighted by atomic mass is 9.62. The van der Waals surface area contributed by atoms with Crippen molar-refractivity contribution < 1.29 is 8.83 Å². The zero-order valence-corrected chi connectivity index (χ0v) is 61.8. The predicted octanol–water partition coefficient (Wildman–Crippen LogP) is 25.4. The van der Waals surface area contributed by atoms with E-state index in [4.69, 9.17) is 43.7 Å². The van der Waals surface area contributed by atoms with Gasteiger partial charge in [0, 0.05) is 66.5 Å². The summed E-state index contributed by atoms with van der Waals surface area (Å²) in [6.07, 6.45) is 1.80. The van der Waals surface area contributed by atoms with E-state index in [1.807, 2.05) is 48.5 Å². The van der Waals surface area contributed by atoms with Gasteiger partial charge in [0.2, 0.25) is 5.71 Å². The molecule has 0 radical (unpaired) electrons. The van der Waals surface area contributed by atoms with Crippen molar-refractivity contribution in [3.05, 3.63) is 362 Å². The summed E-state index contributed by atoms with van der Waals surface area (Å²) in [5.41, 5.74) is 25.2. The molecule has 10 nitrogen and oxygen atoms in total. The van der Waals surface area contributed by atoms with Crippen LogP contribution in [0, 0.1) is 11.8 Å². The summed E-state index contributed by atoms with van der Waals surface area (Å²) in [5, 5.41) is 6.84. The highest BCUT2D eigenvalue weighted by molar-refractivity contribution is 6.13. The van der Waals surface area contributed by atoms with E-state index < -0.39 is 5.41 Å². The maximum atomic E-state index is 6.43. The second kappa shape index (κ2) is 26.8. The molecule has 111 heavy (non-hydrogen) atoms. The highest BCUT2D eigenvalue weighted by Crippen LogP contribution is 2.62. The first-order valence-electron chi connectivity index (χ1n) is 38.0. The van der Waals surface area contributed by atoms with Crippen LogP contribution in [0.5, 0.6) is 0 Å². The minimum absolute atomic E-state index is 0.283. The first-order valence-corrected chi connectivity index (χ1v) is 38.0. The van der Waals surface area contributed by atoms with Crippen LogP contribution in [0.15, 0.2) is 343 Å². The second-order valence-corrected chi connectivity index (χ2v) is 29.7. The lowest BCUT2D eigenvalue weighted by molar-refractivity contribution is 0.282. The molecule has 0 aliphatic heterocycles. The van der Waals surface area contributed by atoms with Gasteiger partial charge in [-0.1, -0.05) is 313 Å². The molecular weight excluding hydrogens is 1360 g/mol. The Kier molecular flexibility index (Phi) is 16.0. The fourth-order valence-electron chi connectivity index (χ4n) is 17.9. The van der Waals surface area contributed by atoms with Gasteiger partial charge in [-0.15, -0.1) is 0 Å². The van der Waals surface area contributed by atoms with E-state index in [0.717, 1.165) is 116 Å². The van der Waals surface area contributed by atoms with Crippen LogP contribution in [0.3, 0.4) is 0 Å². The summed E-state index contributed by atoms with van der Waals surface area (Å²) < 4.78 is 12.8. The quantitative estimate of drug-likeness (QED) is 0.117. The molecule has 2 aliphatic rings. The van der Waals surface area contributed by atoms with Crippen LogP contribution in [0.2, 0.25) is 0 Å². The summed E-state index contributed by atoms with van der Waals surface area (Å²) in [4.78, 5) is 41.3. The zero-order valence-electron chi connectivity index (χ0n) is 61.8. The smallest absolute Gasteiger partial charge is 0.227 e. The van der Waals surface area contributed by atoms with Gasteiger partial charge in [0.25, 0.3) is 0 Å². The van der Waals surface area contributed by atoms with Crippen molar-refractivity contribution in [2.24, 2.45) is 11.8 Å². The number of aromatic nitrogens is 8. The monoisotopic (exact) mass is 1430 g/mol. The van der Waals surface area contributed by atoms with Gasteiger partial charge in [-0.2, -0.15) is 0 Å². The Balaban J connectivity index is 0.000000145. The van der Waals surface area contributed by atoms with Crippen molar-refractivity contribution in [2.75, 3.05) is 0 Å². The van der Waals surface area contributed by atoms with Crippen LogP contribution >= 0.6 is 0 Å². The van der Waals surface area contributed by atoms with Crippen molar-refractivity contribution in [3.63, 3.8) is 0 Å². The molecule has 13 aromatic carbocycles. The lowest BCUT2D eigenvalue weighted by Crippen LogP contribution is -2.37. The fraction of sp³-hybridized carbons (Fsp3) is 0.0891. The molecule has 10 heteroatoms. The van der Waals surface area contributed by atoms with Gasteiger partial charge in [0.1, 0.15) is 22.4 Å². The highest BCUT2D eigenvalue weighted by Gasteiger charge is 2.51. The molecule has 0 fully saturated rings. The molecule has 6 aromatic heterocycles. The van der Waals surface area contributed by atoms with Gasteiger partial charge < -0.3 is 8.83 Å². The fourth-order valence-corrected chi connectivity index (χ4v) is 17.9. The first kappa shape index (κ1) is 66.5. The SMILES string of the molecule is CC(C)C1(C(C)C)c2cccc(-c3nc(-c4ccccc4)nc(-c4cccc(-c5cccc6ccccc56)c4)n3)c2-c2ccc3oc4ncccc4c3c21.CC1(c2ccccc2)c2nc(-c3nc(-c4ccc(-c5ccccc5)cc4)nc(-c4ccc(-c5ccccc5)cc4)n3)ccc2-c2ccc3oc4ccccc4c3c21. The number of hydrogen-bond acceptors (Lipinski definition) is 10. The van der Waals surface area contributed by atoms with E-state index in [9.17, 15) is 0 Å². The van der Waals surface area contributed by atoms with E-state index >= 15 is 0 Å². The topological polar surface area (TPSA) is 129 Å². The number of hydrogen-bond donors (Lipinski definition) is 0. The number of furan rings is 2. The first-order chi connectivity index (χ1) is 54.5. The van der Waals surface area contributed by atoms with Crippen LogP contribution in [-0.2, 0) is 10.8 Å². The number of nitrogens with zero attached hydrogens (tertiary/aromatic N) is 8. The normalized spacial score (nSPS) is 13.9. The van der Waals surface area contributed by atoms with Gasteiger partial charge >= 0.3 is 0 Å². The van der Waals surface area contributed by atoms with E-state index in [-0.39, 0.29) is 17.3 Å². The number of fused-ring (bicyclic) bond motifs is 15. The maximum Gasteiger partial charge on any atom is 0.227 e. The molecule has 528 valence electrons. The molecule has 0 amide bonds. The summed E-state index contributed by atoms with van der Waals surface area (Å²) in [6, 6.07) is 114. The van der Waals surface area contributed by atoms with Gasteiger partial charge in [0.15, 0.2) is 34.9 Å². The lowest BCUT2D eigenvalue weighted by Gasteiger charge is -2.40. The third kappa shape index (κ3) is 11.0. The molecule has 2 aliphatic carbocycles. The molecule has 6 heterocycles. The Labute approximate surface area is 642 Å². The molecule has 0 N–H and O–H groups in total. The van der Waals surface area contributed by atoms with Crippen LogP contribution in [0.4, 0.5) is 0 Å². The Morgan fingerprint density at radius 3 is 1.43 bits per heavy atom. The summed E-state index contributed by atoms with van der Waals surface area (Å²) in [6.45, 7) is 11.7. The minimum atomic E-state index is -0.590. The summed E-state index contributed by atoms with van der Waals surface area (Å²) in [7, 11) is 0. The zero-order chi connectivity index (χ0) is 74.5. The Bertz CT molecular complexity index is 6720. The van der Waals surface area contributed by atoms with Gasteiger partial charge in [-0.3, -0.25) is 0 Å². The second-order valence-electron chi connectivity index (χ2n) is 29.7. The molecule has 0 saturated heterocycles. The van der Waals surface area contributed by atoms with E-state index in [1.54, 1.807) is 6.20 Å². The van der Waals surface area contributed by atoms with Gasteiger partial charge in [0.05, 0.1) is 11.1 Å². The van der Waals surface area contributed by atoms with E-state index in [0.29, 0.717) is 46.4 Å². The van der Waals surface area contributed by atoms with Crippen LogP contribution in [0.25, 0.3) is 179 Å². The molecule has 0 bridgehead atoms. The van der Waals surface area contributed by atoms with Gasteiger partial charge in [-0.25, -0.2) is 39.9 Å². The average Bonchev–Trinajstić information content (AvgIpc) is 1.53. The summed E-state index contributed by atoms with van der Waals surface area (Å²) >= 11 is 0. The number of benzene rings is 13. The average molecular weight is 1430 g/mol. The largest absolute Gasteiger partial charge is 0.456 e. The predicted molar refractivity (Wildman–Crippen MR) is 450 cm³/mol. The molecule has 21 rings (SSSR count). The van der Waals surface area contributed by atoms with Crippen molar-refractivity contribution >= 4 is 54.8 Å². The number of rotatable bonds is 12. The molecular formula is C101H72N8O2. The highest BCUT2D eigenvalue weighted by atomic mass is 16.3. The number of pyridine rings is 2. The van der Waals surface area contributed by atoms with Crippen molar-refractivity contribution in [1.29, 1.82) is 0 Å². The standard InChI is InChI=1S/C52H34N4O.C49H38N4O/c1-52(39-17-9-4-10-18-39)47-40(30-32-45-46(47)42-19-11-12-20-44(42)57-45)41-29-31-43(53-48(41)52)51-55-49(37-25-21-35(22-26-37)33-13-5-2-6-14-33)54-50(56-51)38-27-23-36(24-28-38)34-15-7-3-8-16-34;1-29(2)49(30(3)4)40-24-12-22-38(42(40)37-25-26-41-43(44(37)49)39-23-13-27-50-48(39)54-41)47-52-45(32-15-6-5-7-16-32)51-46(53-47)34-19-10-18-33(28-34)36-21-11-17-31-14-8-9-20-35(31)36/h2-32H,1H3;5-30H,1-4H3. The van der Waals surface area contributed by atoms with Crippen LogP contribution < -0.4 is 0 Å². The molecule has 19 aromatic rings. The van der Waals surface area contributed by atoms with Crippen molar-refractivity contribution in [3.8, 4) is 124 Å². The molecule has 1 unspecified atom stereocenters. The van der Waals surface area contributed by atoms with Gasteiger partial charge in [-0.05, 0) is 144 Å². The third-order valence-electron chi connectivity index (χ3n) is 23.0. The van der Waals surface area contributed by atoms with E-state index in [2.05, 4.69) is 319 Å². The Morgan fingerprint density at radius 1 is 0.297 bits per heavy atom. The number of para-hydroxylation sites is 1. The minimum Gasteiger partial charge on any atom is -0.456 e. The third-order valence-corrected chi connectivity index (χ3v) is 23.0. The molecule has 0 spiro atoms. The van der Waals surface area contributed by atoms with Crippen molar-refractivity contribution in [1.82, 2.24) is 39.9 Å². The maximum absolute atomic E-state index is 6.43. The van der Waals surface area contributed by atoms with Crippen LogP contribution in [0.1, 0.15) is 62.6 Å². The Morgan fingerprint density at radius 2 is 0.766 bits per heavy atom. The summed E-state index contributed by atoms with van der Waals surface area (Å²) in [5.74, 6) is 4.19. The van der Waals surface area contributed by atoms with E-state index in [1.165, 1.54) is 44.2 Å². The Hall–Kier alpha value is -14.0. The molecule has 1 atom stereocenters. The molecule has 0 saturated carbocycles. The van der Waals surface area contributed by atoms with Crippen LogP contribution in [-0.4, -0.2) is 39.9 Å². The van der Waals surface area contributed by atoms with Crippen molar-refractivity contribution in [2.45, 2.75) is 45.4 Å².